The van der Waals surface area contributed by atoms with Gasteiger partial charge in [0.25, 0.3) is 5.91 Å². The van der Waals surface area contributed by atoms with Gasteiger partial charge in [-0.2, -0.15) is 13.2 Å². The van der Waals surface area contributed by atoms with E-state index in [-0.39, 0.29) is 5.56 Å². The number of hydrogen-bond donors (Lipinski definition) is 1. The Labute approximate surface area is 186 Å². The molecule has 0 aliphatic carbocycles. The number of benzene rings is 2. The molecule has 32 heavy (non-hydrogen) atoms. The monoisotopic (exact) mass is 457 g/mol. The maximum atomic E-state index is 12.4. The second-order valence-electron chi connectivity index (χ2n) is 6.93. The van der Waals surface area contributed by atoms with Crippen LogP contribution in [0, 0.1) is 0 Å². The van der Waals surface area contributed by atoms with Crippen LogP contribution in [0.1, 0.15) is 22.5 Å². The number of nitrogens with one attached hydrogen (secondary N) is 1. The molecule has 0 saturated heterocycles. The van der Waals surface area contributed by atoms with E-state index in [1.807, 2.05) is 36.4 Å². The molecule has 0 bridgehead atoms. The average Bonchev–Trinajstić information content (AvgIpc) is 2.94. The number of carbonyl (C=O) groups excluding carboxylic acids is 1. The highest BCUT2D eigenvalue weighted by Crippen LogP contribution is 2.39. The third-order valence-corrected chi connectivity index (χ3v) is 5.86. The SMILES string of the molecule is COc1cccc(C2=c3ccccc3=Nc3ccc(C(=O)NCCC(F)(F)F)cc3S2)n1. The number of ether oxygens (including phenoxy) is 1. The van der Waals surface area contributed by atoms with Crippen LogP contribution in [0.5, 0.6) is 5.88 Å². The van der Waals surface area contributed by atoms with Crippen LogP contribution in [0.3, 0.4) is 0 Å². The second kappa shape index (κ2) is 9.04. The number of alkyl halides is 3. The molecule has 3 aromatic rings. The molecule has 164 valence electrons. The van der Waals surface area contributed by atoms with E-state index in [0.717, 1.165) is 15.5 Å². The summed E-state index contributed by atoms with van der Waals surface area (Å²) in [5.41, 5.74) is 1.61. The van der Waals surface area contributed by atoms with Gasteiger partial charge in [0.2, 0.25) is 5.88 Å². The van der Waals surface area contributed by atoms with E-state index in [2.05, 4.69) is 10.3 Å². The van der Waals surface area contributed by atoms with Gasteiger partial charge >= 0.3 is 6.18 Å². The van der Waals surface area contributed by atoms with Crippen molar-refractivity contribution in [3.05, 3.63) is 82.5 Å². The first-order valence-electron chi connectivity index (χ1n) is 9.70. The normalized spacial score (nSPS) is 12.8. The number of halogens is 3. The zero-order valence-electron chi connectivity index (χ0n) is 16.9. The largest absolute Gasteiger partial charge is 0.481 e. The Morgan fingerprint density at radius 2 is 1.91 bits per heavy atom. The minimum Gasteiger partial charge on any atom is -0.481 e. The molecule has 1 N–H and O–H groups in total. The van der Waals surface area contributed by atoms with Crippen LogP contribution < -0.4 is 20.6 Å². The summed E-state index contributed by atoms with van der Waals surface area (Å²) in [6, 6.07) is 18.0. The minimum absolute atomic E-state index is 0.262. The Hall–Kier alpha value is -3.33. The maximum absolute atomic E-state index is 12.4. The molecule has 1 aromatic heterocycles. The number of pyridine rings is 1. The molecule has 1 aliphatic rings. The van der Waals surface area contributed by atoms with Gasteiger partial charge in [-0.05, 0) is 30.3 Å². The van der Waals surface area contributed by atoms with Crippen LogP contribution in [-0.4, -0.2) is 30.7 Å². The van der Waals surface area contributed by atoms with Crippen molar-refractivity contribution >= 4 is 28.3 Å². The average molecular weight is 457 g/mol. The second-order valence-corrected chi connectivity index (χ2v) is 7.98. The van der Waals surface area contributed by atoms with Gasteiger partial charge in [0.1, 0.15) is 0 Å². The maximum Gasteiger partial charge on any atom is 0.390 e. The molecule has 1 aliphatic heterocycles. The summed E-state index contributed by atoms with van der Waals surface area (Å²) in [5.74, 6) is -0.104. The number of carbonyl (C=O) groups is 1. The lowest BCUT2D eigenvalue weighted by Gasteiger charge is -2.11. The van der Waals surface area contributed by atoms with Gasteiger partial charge in [0, 0.05) is 33.2 Å². The summed E-state index contributed by atoms with van der Waals surface area (Å²) < 4.78 is 42.4. The minimum atomic E-state index is -4.32. The Kier molecular flexibility index (Phi) is 6.18. The Balaban J connectivity index is 1.72. The topological polar surface area (TPSA) is 63.6 Å². The summed E-state index contributed by atoms with van der Waals surface area (Å²) in [6.07, 6.45) is -5.41. The number of para-hydroxylation sites is 1. The smallest absolute Gasteiger partial charge is 0.390 e. The molecular formula is C23H18F3N3O2S. The fraction of sp³-hybridized carbons (Fsp3) is 0.174. The van der Waals surface area contributed by atoms with Gasteiger partial charge in [-0.1, -0.05) is 36.0 Å². The fourth-order valence-corrected chi connectivity index (χ4v) is 4.28. The molecular weight excluding hydrogens is 439 g/mol. The number of fused-ring (bicyclic) bond motifs is 2. The van der Waals surface area contributed by atoms with Gasteiger partial charge < -0.3 is 10.1 Å². The van der Waals surface area contributed by atoms with Crippen LogP contribution in [0.25, 0.3) is 4.91 Å². The number of aromatic nitrogens is 1. The number of thioether (sulfide) groups is 1. The third-order valence-electron chi connectivity index (χ3n) is 4.68. The summed E-state index contributed by atoms with van der Waals surface area (Å²) >= 11 is 1.40. The molecule has 1 amide bonds. The van der Waals surface area contributed by atoms with E-state index in [1.165, 1.54) is 11.8 Å². The highest BCUT2D eigenvalue weighted by atomic mass is 32.2. The lowest BCUT2D eigenvalue weighted by molar-refractivity contribution is -0.132. The summed E-state index contributed by atoms with van der Waals surface area (Å²) in [4.78, 5) is 23.2. The molecule has 2 heterocycles. The van der Waals surface area contributed by atoms with Crippen LogP contribution in [0.4, 0.5) is 18.9 Å². The predicted molar refractivity (Wildman–Crippen MR) is 115 cm³/mol. The van der Waals surface area contributed by atoms with Gasteiger partial charge in [0.05, 0.1) is 30.3 Å². The van der Waals surface area contributed by atoms with Crippen molar-refractivity contribution in [1.82, 2.24) is 10.3 Å². The molecule has 2 aromatic carbocycles. The van der Waals surface area contributed by atoms with Gasteiger partial charge in [-0.3, -0.25) is 4.79 Å². The van der Waals surface area contributed by atoms with E-state index >= 15 is 0 Å². The molecule has 0 fully saturated rings. The molecule has 5 nitrogen and oxygen atoms in total. The van der Waals surface area contributed by atoms with Crippen LogP contribution >= 0.6 is 11.8 Å². The van der Waals surface area contributed by atoms with Crippen molar-refractivity contribution in [2.45, 2.75) is 17.5 Å². The molecule has 0 saturated carbocycles. The van der Waals surface area contributed by atoms with Crippen molar-refractivity contribution in [1.29, 1.82) is 0 Å². The van der Waals surface area contributed by atoms with E-state index in [0.29, 0.717) is 22.2 Å². The number of nitrogens with zero attached hydrogens (tertiary/aromatic N) is 2. The summed E-state index contributed by atoms with van der Waals surface area (Å²) in [7, 11) is 1.54. The Bertz CT molecular complexity index is 1290. The first-order chi connectivity index (χ1) is 15.3. The Morgan fingerprint density at radius 1 is 1.09 bits per heavy atom. The highest BCUT2D eigenvalue weighted by Gasteiger charge is 2.26. The van der Waals surface area contributed by atoms with Crippen molar-refractivity contribution in [2.75, 3.05) is 13.7 Å². The zero-order valence-corrected chi connectivity index (χ0v) is 17.8. The van der Waals surface area contributed by atoms with Crippen molar-refractivity contribution in [2.24, 2.45) is 4.99 Å². The summed E-state index contributed by atoms with van der Waals surface area (Å²) in [5, 5.41) is 3.95. The van der Waals surface area contributed by atoms with Crippen molar-refractivity contribution < 1.29 is 22.7 Å². The van der Waals surface area contributed by atoms with Gasteiger partial charge in [-0.25, -0.2) is 9.98 Å². The lowest BCUT2D eigenvalue weighted by Crippen LogP contribution is -2.27. The summed E-state index contributed by atoms with van der Waals surface area (Å²) in [6.45, 7) is -0.479. The van der Waals surface area contributed by atoms with E-state index in [9.17, 15) is 18.0 Å². The van der Waals surface area contributed by atoms with E-state index in [4.69, 9.17) is 9.73 Å². The van der Waals surface area contributed by atoms with Crippen LogP contribution in [-0.2, 0) is 0 Å². The third kappa shape index (κ3) is 4.94. The molecule has 0 radical (unpaired) electrons. The van der Waals surface area contributed by atoms with E-state index in [1.54, 1.807) is 31.4 Å². The quantitative estimate of drug-likeness (QED) is 0.630. The van der Waals surface area contributed by atoms with Crippen LogP contribution in [0.15, 0.2) is 70.6 Å². The predicted octanol–water partition coefficient (Wildman–Crippen LogP) is 3.99. The number of methoxy groups -OCH3 is 1. The fourth-order valence-electron chi connectivity index (χ4n) is 3.15. The first-order valence-corrected chi connectivity index (χ1v) is 10.5. The highest BCUT2D eigenvalue weighted by molar-refractivity contribution is 8.08. The molecule has 0 unspecified atom stereocenters. The first kappa shape index (κ1) is 21.9. The van der Waals surface area contributed by atoms with Crippen LogP contribution in [0.2, 0.25) is 0 Å². The number of amides is 1. The molecule has 0 spiro atoms. The lowest BCUT2D eigenvalue weighted by atomic mass is 10.2. The van der Waals surface area contributed by atoms with Crippen molar-refractivity contribution in [3.8, 4) is 5.88 Å². The van der Waals surface area contributed by atoms with Crippen molar-refractivity contribution in [3.63, 3.8) is 0 Å². The molecule has 9 heteroatoms. The van der Waals surface area contributed by atoms with Gasteiger partial charge in [-0.15, -0.1) is 0 Å². The standard InChI is InChI=1S/C23H18F3N3O2S/c1-31-20-8-4-7-18(29-20)21-15-5-2-3-6-16(15)28-17-10-9-14(13-19(17)32-21)22(30)27-12-11-23(24,25)26/h2-10,13H,11-12H2,1H3,(H,27,30). The van der Waals surface area contributed by atoms with Gasteiger partial charge in [0.15, 0.2) is 0 Å². The molecule has 0 atom stereocenters. The zero-order chi connectivity index (χ0) is 22.7. The number of rotatable bonds is 5. The Morgan fingerprint density at radius 3 is 2.69 bits per heavy atom. The van der Waals surface area contributed by atoms with E-state index < -0.39 is 25.0 Å². The number of hydrogen-bond acceptors (Lipinski definition) is 5. The molecule has 4 rings (SSSR count).